The van der Waals surface area contributed by atoms with Gasteiger partial charge < -0.3 is 14.5 Å². The quantitative estimate of drug-likeness (QED) is 0.553. The maximum Gasteiger partial charge on any atom is 0.270 e. The molecule has 4 aromatic rings. The Morgan fingerprint density at radius 2 is 1.93 bits per heavy atom. The van der Waals surface area contributed by atoms with Crippen LogP contribution in [0.4, 0.5) is 0 Å². The second-order valence-corrected chi connectivity index (χ2v) is 6.17. The number of aromatic nitrogens is 2. The van der Waals surface area contributed by atoms with E-state index in [2.05, 4.69) is 10.4 Å². The Morgan fingerprint density at radius 3 is 2.68 bits per heavy atom. The largest absolute Gasteiger partial charge is 0.497 e. The van der Waals surface area contributed by atoms with Crippen LogP contribution in [0.1, 0.15) is 16.1 Å². The molecule has 0 aliphatic heterocycles. The number of amides is 1. The number of carbonyl (C=O) groups excluding carboxylic acids is 1. The van der Waals surface area contributed by atoms with E-state index < -0.39 is 0 Å². The van der Waals surface area contributed by atoms with Gasteiger partial charge >= 0.3 is 0 Å². The summed E-state index contributed by atoms with van der Waals surface area (Å²) in [5, 5.41) is 7.52. The van der Waals surface area contributed by atoms with Gasteiger partial charge in [0.25, 0.3) is 5.91 Å². The van der Waals surface area contributed by atoms with Gasteiger partial charge in [-0.1, -0.05) is 30.3 Å². The van der Waals surface area contributed by atoms with E-state index >= 15 is 0 Å². The average Bonchev–Trinajstić information content (AvgIpc) is 3.42. The molecule has 6 nitrogen and oxygen atoms in total. The van der Waals surface area contributed by atoms with Gasteiger partial charge in [-0.2, -0.15) is 5.10 Å². The summed E-state index contributed by atoms with van der Waals surface area (Å²) in [6, 6.07) is 22.5. The smallest absolute Gasteiger partial charge is 0.270 e. The van der Waals surface area contributed by atoms with Crippen molar-refractivity contribution in [2.24, 2.45) is 0 Å². The number of benzene rings is 2. The molecule has 0 aliphatic carbocycles. The van der Waals surface area contributed by atoms with E-state index in [-0.39, 0.29) is 5.91 Å². The van der Waals surface area contributed by atoms with Crippen LogP contribution in [0.3, 0.4) is 0 Å². The van der Waals surface area contributed by atoms with Crippen LogP contribution in [0.5, 0.6) is 5.75 Å². The molecule has 1 amide bonds. The van der Waals surface area contributed by atoms with E-state index in [4.69, 9.17) is 9.15 Å². The van der Waals surface area contributed by atoms with E-state index in [9.17, 15) is 4.79 Å². The lowest BCUT2D eigenvalue weighted by Gasteiger charge is -2.09. The summed E-state index contributed by atoms with van der Waals surface area (Å²) in [7, 11) is 1.62. The highest BCUT2D eigenvalue weighted by Gasteiger charge is 2.18. The van der Waals surface area contributed by atoms with Crippen molar-refractivity contribution in [1.29, 1.82) is 0 Å². The third kappa shape index (κ3) is 3.66. The Balaban J connectivity index is 1.62. The minimum absolute atomic E-state index is 0.225. The molecule has 4 rings (SSSR count). The van der Waals surface area contributed by atoms with E-state index in [1.54, 1.807) is 30.2 Å². The van der Waals surface area contributed by atoms with Gasteiger partial charge in [-0.3, -0.25) is 4.79 Å². The molecule has 140 valence electrons. The molecule has 0 radical (unpaired) electrons. The molecule has 0 saturated carbocycles. The summed E-state index contributed by atoms with van der Waals surface area (Å²) < 4.78 is 12.3. The third-order valence-electron chi connectivity index (χ3n) is 4.30. The van der Waals surface area contributed by atoms with Gasteiger partial charge in [0.05, 0.1) is 19.1 Å². The number of hydrogen-bond donors (Lipinski definition) is 1. The fraction of sp³-hybridized carbons (Fsp3) is 0.0909. The number of methoxy groups -OCH3 is 1. The normalized spacial score (nSPS) is 10.6. The Bertz CT molecular complexity index is 1070. The van der Waals surface area contributed by atoms with Crippen molar-refractivity contribution in [2.75, 3.05) is 7.11 Å². The zero-order valence-electron chi connectivity index (χ0n) is 15.3. The Labute approximate surface area is 162 Å². The van der Waals surface area contributed by atoms with Crippen molar-refractivity contribution in [1.82, 2.24) is 15.1 Å². The van der Waals surface area contributed by atoms with E-state index in [1.165, 1.54) is 0 Å². The van der Waals surface area contributed by atoms with Crippen LogP contribution >= 0.6 is 0 Å². The molecular weight excluding hydrogens is 354 g/mol. The zero-order chi connectivity index (χ0) is 19.3. The molecule has 0 unspecified atom stereocenters. The number of hydrogen-bond acceptors (Lipinski definition) is 4. The third-order valence-corrected chi connectivity index (χ3v) is 4.30. The van der Waals surface area contributed by atoms with Crippen LogP contribution in [0, 0.1) is 0 Å². The average molecular weight is 373 g/mol. The number of rotatable bonds is 6. The summed E-state index contributed by atoms with van der Waals surface area (Å²) >= 11 is 0. The molecular formula is C22H19N3O3. The SMILES string of the molecule is COc1cccc(CNC(=O)c2cc(-c3ccco3)nn2-c2ccccc2)c1. The van der Waals surface area contributed by atoms with Crippen LogP contribution in [-0.2, 0) is 6.54 Å². The van der Waals surface area contributed by atoms with Gasteiger partial charge in [-0.05, 0) is 42.0 Å². The molecule has 0 atom stereocenters. The maximum atomic E-state index is 12.9. The van der Waals surface area contributed by atoms with Crippen molar-refractivity contribution in [3.05, 3.63) is 90.3 Å². The lowest BCUT2D eigenvalue weighted by atomic mass is 10.2. The zero-order valence-corrected chi connectivity index (χ0v) is 15.3. The number of ether oxygens (including phenoxy) is 1. The van der Waals surface area contributed by atoms with Gasteiger partial charge in [-0.15, -0.1) is 0 Å². The van der Waals surface area contributed by atoms with Crippen LogP contribution in [0.15, 0.2) is 83.5 Å². The van der Waals surface area contributed by atoms with Gasteiger partial charge in [0.1, 0.15) is 17.1 Å². The molecule has 1 N–H and O–H groups in total. The lowest BCUT2D eigenvalue weighted by Crippen LogP contribution is -2.25. The van der Waals surface area contributed by atoms with Gasteiger partial charge in [0, 0.05) is 12.6 Å². The van der Waals surface area contributed by atoms with E-state index in [0.717, 1.165) is 17.0 Å². The summed E-state index contributed by atoms with van der Waals surface area (Å²) in [6.45, 7) is 0.381. The highest BCUT2D eigenvalue weighted by Crippen LogP contribution is 2.22. The van der Waals surface area contributed by atoms with Crippen LogP contribution in [0.2, 0.25) is 0 Å². The van der Waals surface area contributed by atoms with E-state index in [1.807, 2.05) is 60.7 Å². The number of para-hydroxylation sites is 1. The predicted molar refractivity (Wildman–Crippen MR) is 105 cm³/mol. The first-order chi connectivity index (χ1) is 13.7. The van der Waals surface area contributed by atoms with Crippen molar-refractivity contribution in [3.63, 3.8) is 0 Å². The molecule has 0 fully saturated rings. The maximum absolute atomic E-state index is 12.9. The summed E-state index contributed by atoms with van der Waals surface area (Å²) in [6.07, 6.45) is 1.58. The molecule has 6 heteroatoms. The molecule has 0 bridgehead atoms. The molecule has 0 spiro atoms. The second kappa shape index (κ2) is 7.84. The molecule has 0 saturated heterocycles. The molecule has 0 aliphatic rings. The second-order valence-electron chi connectivity index (χ2n) is 6.17. The minimum Gasteiger partial charge on any atom is -0.497 e. The standard InChI is InChI=1S/C22H19N3O3/c1-27-18-10-5-7-16(13-18)15-23-22(26)20-14-19(21-11-6-12-28-21)24-25(20)17-8-3-2-4-9-17/h2-14H,15H2,1H3,(H,23,26). The minimum atomic E-state index is -0.225. The number of nitrogens with one attached hydrogen (secondary N) is 1. The summed E-state index contributed by atoms with van der Waals surface area (Å²) in [4.78, 5) is 12.9. The number of furan rings is 1. The van der Waals surface area contributed by atoms with Crippen molar-refractivity contribution >= 4 is 5.91 Å². The fourth-order valence-electron chi connectivity index (χ4n) is 2.91. The van der Waals surface area contributed by atoms with Crippen LogP contribution in [0.25, 0.3) is 17.1 Å². The number of nitrogens with zero attached hydrogens (tertiary/aromatic N) is 2. The van der Waals surface area contributed by atoms with Crippen molar-refractivity contribution in [3.8, 4) is 22.9 Å². The van der Waals surface area contributed by atoms with Crippen LogP contribution in [-0.4, -0.2) is 22.8 Å². The Morgan fingerprint density at radius 1 is 1.07 bits per heavy atom. The molecule has 2 aromatic carbocycles. The van der Waals surface area contributed by atoms with Crippen molar-refractivity contribution in [2.45, 2.75) is 6.54 Å². The van der Waals surface area contributed by atoms with Gasteiger partial charge in [0.2, 0.25) is 0 Å². The van der Waals surface area contributed by atoms with Crippen molar-refractivity contribution < 1.29 is 13.9 Å². The summed E-state index contributed by atoms with van der Waals surface area (Å²) in [5.74, 6) is 1.13. The topological polar surface area (TPSA) is 69.3 Å². The fourth-order valence-corrected chi connectivity index (χ4v) is 2.91. The summed E-state index contributed by atoms with van der Waals surface area (Å²) in [5.41, 5.74) is 2.78. The highest BCUT2D eigenvalue weighted by atomic mass is 16.5. The molecule has 2 aromatic heterocycles. The highest BCUT2D eigenvalue weighted by molar-refractivity contribution is 5.94. The first-order valence-corrected chi connectivity index (χ1v) is 8.85. The van der Waals surface area contributed by atoms with Gasteiger partial charge in [0.15, 0.2) is 5.76 Å². The number of carbonyl (C=O) groups is 1. The predicted octanol–water partition coefficient (Wildman–Crippen LogP) is 4.07. The molecule has 2 heterocycles. The van der Waals surface area contributed by atoms with E-state index in [0.29, 0.717) is 23.7 Å². The van der Waals surface area contributed by atoms with Gasteiger partial charge in [-0.25, -0.2) is 4.68 Å². The van der Waals surface area contributed by atoms with Crippen LogP contribution < -0.4 is 10.1 Å². The first-order valence-electron chi connectivity index (χ1n) is 8.85. The Kier molecular flexibility index (Phi) is 4.93. The molecule has 28 heavy (non-hydrogen) atoms. The monoisotopic (exact) mass is 373 g/mol. The Hall–Kier alpha value is -3.80. The lowest BCUT2D eigenvalue weighted by molar-refractivity contribution is 0.0943. The first kappa shape index (κ1) is 17.6.